The summed E-state index contributed by atoms with van der Waals surface area (Å²) < 4.78 is 29.2. The quantitative estimate of drug-likeness (QED) is 0.0124. The molecule has 4 aliphatic heterocycles. The van der Waals surface area contributed by atoms with Crippen LogP contribution in [-0.4, -0.2) is 188 Å². The van der Waals surface area contributed by atoms with Crippen molar-refractivity contribution in [2.75, 3.05) is 32.7 Å². The largest absolute Gasteiger partial charge is 0.457 e. The molecule has 7 amide bonds. The van der Waals surface area contributed by atoms with Crippen LogP contribution in [0.4, 0.5) is 9.59 Å². The smallest absolute Gasteiger partial charge is 0.410 e. The lowest BCUT2D eigenvalue weighted by atomic mass is 9.88. The standard InChI is InChI=1S/C65H92N6O19/c1-10-49(74)42(5)60-52(87-60)37-64(8,85)26-14-15-39(2)59-40(3)17-22-53(65(9,90-44(7)72)27-25-47(73)35-58(81)89-59)88-63(84)70-31-29-69(30-32-70)62(83)86-38-46-20-18-45(19-21-46)34-51(76)48(36-54(66)77)68-61(82)41(4)33-50(75)43(6)67-55(78)16-12-11-13-28-71-56(79)23-24-57(71)80/h14-15,17-24,26,40-43,47-49,52-53,59-60,73-74,85H,10-13,16,25,27-38H2,1-9H3,(H2,66,77)(H,67,78)(H,68,82)/b22-17+,26-14+,39-15+/t40-,41+,42+,43-,47+,48-,49-,52+,53-,59+,60+,64-,65+/m0/s1. The summed E-state index contributed by atoms with van der Waals surface area (Å²) in [6, 6.07) is 4.30. The maximum atomic E-state index is 14.0. The fraction of sp³-hybridized carbons (Fsp3) is 0.615. The number of hydrogen-bond acceptors (Lipinski definition) is 19. The Kier molecular flexibility index (Phi) is 27.6. The number of cyclic esters (lactones) is 1. The molecule has 1 aromatic carbocycles. The molecular weight excluding hydrogens is 1170 g/mol. The van der Waals surface area contributed by atoms with E-state index in [4.69, 9.17) is 29.4 Å². The number of nitrogens with two attached hydrogens (primary N) is 1. The number of aliphatic hydroxyl groups is 3. The van der Waals surface area contributed by atoms with Gasteiger partial charge in [-0.05, 0) is 82.6 Å². The number of nitrogens with zero attached hydrogens (tertiary/aromatic N) is 3. The Labute approximate surface area is 526 Å². The molecule has 4 heterocycles. The first kappa shape index (κ1) is 73.1. The molecule has 7 N–H and O–H groups in total. The zero-order valence-corrected chi connectivity index (χ0v) is 53.2. The van der Waals surface area contributed by atoms with Gasteiger partial charge in [-0.2, -0.15) is 0 Å². The van der Waals surface area contributed by atoms with E-state index in [9.17, 15) is 68.1 Å². The van der Waals surface area contributed by atoms with Gasteiger partial charge in [-0.25, -0.2) is 9.59 Å². The molecule has 90 heavy (non-hydrogen) atoms. The van der Waals surface area contributed by atoms with E-state index in [0.29, 0.717) is 48.8 Å². The summed E-state index contributed by atoms with van der Waals surface area (Å²) in [5.74, 6) is -6.52. The van der Waals surface area contributed by atoms with E-state index in [0.717, 1.165) is 4.90 Å². The van der Waals surface area contributed by atoms with Gasteiger partial charge in [0.2, 0.25) is 17.7 Å². The fourth-order valence-electron chi connectivity index (χ4n) is 10.9. The van der Waals surface area contributed by atoms with E-state index in [-0.39, 0.29) is 114 Å². The first-order valence-corrected chi connectivity index (χ1v) is 31.0. The molecule has 0 bridgehead atoms. The van der Waals surface area contributed by atoms with Gasteiger partial charge in [0.1, 0.15) is 18.3 Å². The van der Waals surface area contributed by atoms with Crippen LogP contribution in [0.25, 0.3) is 0 Å². The summed E-state index contributed by atoms with van der Waals surface area (Å²) in [5, 5.41) is 37.6. The maximum Gasteiger partial charge on any atom is 0.410 e. The number of primary amides is 1. The number of ether oxygens (including phenoxy) is 5. The number of benzene rings is 1. The second kappa shape index (κ2) is 34.0. The summed E-state index contributed by atoms with van der Waals surface area (Å²) >= 11 is 0. The molecule has 25 heteroatoms. The number of Topliss-reactive ketones (excluding diaryl/α,β-unsaturated/α-hetero) is 2. The number of carbonyl (C=O) groups excluding carboxylic acids is 11. The lowest BCUT2D eigenvalue weighted by molar-refractivity contribution is -0.168. The number of esters is 2. The molecular formula is C65H92N6O19. The number of carbonyl (C=O) groups is 11. The summed E-state index contributed by atoms with van der Waals surface area (Å²) in [6.07, 6.45) is 6.23. The van der Waals surface area contributed by atoms with Crippen molar-refractivity contribution >= 4 is 65.2 Å². The van der Waals surface area contributed by atoms with Gasteiger partial charge in [0.05, 0.1) is 54.9 Å². The lowest BCUT2D eigenvalue weighted by Gasteiger charge is -2.38. The highest BCUT2D eigenvalue weighted by Gasteiger charge is 2.47. The van der Waals surface area contributed by atoms with Gasteiger partial charge >= 0.3 is 24.1 Å². The SMILES string of the molecule is CC[C@H](O)[C@@H](C)[C@H]1O[C@@H]1C[C@@](C)(O)/C=C/C=C(\C)[C@H]1OC(=O)C[C@H](O)CC[C@@](C)(OC(C)=O)[C@@H](OC(=O)N2CCN(C(=O)OCc3ccc(CC(=O)[C@H](CC(N)=O)NC(=O)[C@H](C)CC(=O)[C@H](C)NC(=O)CCCCCN4C(=O)C=CC4=O)cc3)CC2)/C=C/[C@@H]1C. The highest BCUT2D eigenvalue weighted by atomic mass is 16.6. The highest BCUT2D eigenvalue weighted by Crippen LogP contribution is 2.38. The van der Waals surface area contributed by atoms with Crippen LogP contribution >= 0.6 is 0 Å². The third-order valence-corrected chi connectivity index (χ3v) is 16.6. The number of ketones is 2. The predicted octanol–water partition coefficient (Wildman–Crippen LogP) is 4.29. The summed E-state index contributed by atoms with van der Waals surface area (Å²) in [4.78, 5) is 145. The van der Waals surface area contributed by atoms with Gasteiger partial charge in [-0.3, -0.25) is 48.1 Å². The van der Waals surface area contributed by atoms with Crippen molar-refractivity contribution in [3.63, 3.8) is 0 Å². The number of hydrogen-bond donors (Lipinski definition) is 6. The van der Waals surface area contributed by atoms with E-state index in [2.05, 4.69) is 10.6 Å². The average molecular weight is 1260 g/mol. The Morgan fingerprint density at radius 2 is 1.51 bits per heavy atom. The number of unbranched alkanes of at least 4 members (excludes halogenated alkanes) is 2. The molecule has 5 rings (SSSR count). The lowest BCUT2D eigenvalue weighted by Crippen LogP contribution is -2.53. The van der Waals surface area contributed by atoms with Crippen LogP contribution in [0.3, 0.4) is 0 Å². The van der Waals surface area contributed by atoms with E-state index in [1.807, 2.05) is 13.8 Å². The van der Waals surface area contributed by atoms with Crippen molar-refractivity contribution in [3.8, 4) is 0 Å². The van der Waals surface area contributed by atoms with E-state index < -0.39 is 113 Å². The molecule has 1 aromatic rings. The molecule has 13 atom stereocenters. The minimum absolute atomic E-state index is 0.00854. The topological polar surface area (TPSA) is 358 Å². The van der Waals surface area contributed by atoms with Gasteiger partial charge in [-0.1, -0.05) is 82.7 Å². The van der Waals surface area contributed by atoms with Crippen molar-refractivity contribution in [3.05, 3.63) is 83.5 Å². The number of allylic oxidation sites excluding steroid dienone is 2. The van der Waals surface area contributed by atoms with Gasteiger partial charge in [-0.15, -0.1) is 0 Å². The first-order valence-electron chi connectivity index (χ1n) is 31.0. The monoisotopic (exact) mass is 1260 g/mol. The number of amides is 7. The fourth-order valence-corrected chi connectivity index (χ4v) is 10.9. The van der Waals surface area contributed by atoms with E-state index in [1.54, 1.807) is 82.3 Å². The molecule has 496 valence electrons. The molecule has 2 saturated heterocycles. The van der Waals surface area contributed by atoms with Crippen LogP contribution in [0.5, 0.6) is 0 Å². The summed E-state index contributed by atoms with van der Waals surface area (Å²) in [6.45, 7) is 15.1. The molecule has 2 fully saturated rings. The molecule has 4 aliphatic rings. The number of imide groups is 1. The maximum absolute atomic E-state index is 14.0. The normalized spacial score (nSPS) is 25.0. The van der Waals surface area contributed by atoms with Crippen LogP contribution in [-0.2, 0) is 79.9 Å². The third kappa shape index (κ3) is 23.0. The predicted molar refractivity (Wildman–Crippen MR) is 326 cm³/mol. The van der Waals surface area contributed by atoms with Crippen molar-refractivity contribution in [1.29, 1.82) is 0 Å². The second-order valence-electron chi connectivity index (χ2n) is 24.6. The third-order valence-electron chi connectivity index (χ3n) is 16.6. The molecule has 25 nitrogen and oxygen atoms in total. The van der Waals surface area contributed by atoms with E-state index >= 15 is 0 Å². The first-order chi connectivity index (χ1) is 42.4. The number of rotatable bonds is 29. The molecule has 0 aliphatic carbocycles. The summed E-state index contributed by atoms with van der Waals surface area (Å²) in [7, 11) is 0. The second-order valence-corrected chi connectivity index (χ2v) is 24.6. The highest BCUT2D eigenvalue weighted by molar-refractivity contribution is 6.12. The Morgan fingerprint density at radius 1 is 0.878 bits per heavy atom. The number of nitrogens with one attached hydrogen (secondary N) is 2. The van der Waals surface area contributed by atoms with Crippen molar-refractivity contribution < 1.29 is 91.7 Å². The van der Waals surface area contributed by atoms with E-state index in [1.165, 1.54) is 42.7 Å². The van der Waals surface area contributed by atoms with Crippen LogP contribution in [0.1, 0.15) is 144 Å². The van der Waals surface area contributed by atoms with Gasteiger partial charge in [0.15, 0.2) is 17.7 Å². The summed E-state index contributed by atoms with van der Waals surface area (Å²) in [5.41, 5.74) is 4.37. The van der Waals surface area contributed by atoms with Gasteiger partial charge in [0, 0.05) is 95.2 Å². The Balaban J connectivity index is 1.10. The minimum Gasteiger partial charge on any atom is -0.457 e. The molecule has 0 aromatic heterocycles. The zero-order valence-electron chi connectivity index (χ0n) is 53.2. The van der Waals surface area contributed by atoms with Crippen molar-refractivity contribution in [2.45, 2.75) is 206 Å². The van der Waals surface area contributed by atoms with Crippen molar-refractivity contribution in [1.82, 2.24) is 25.3 Å². The number of aliphatic hydroxyl groups excluding tert-OH is 2. The molecule has 0 saturated carbocycles. The van der Waals surface area contributed by atoms with Crippen LogP contribution < -0.4 is 16.4 Å². The van der Waals surface area contributed by atoms with Crippen molar-refractivity contribution in [2.24, 2.45) is 23.5 Å². The molecule has 0 unspecified atom stereocenters. The zero-order chi connectivity index (χ0) is 66.6. The Hall–Kier alpha value is -7.61. The van der Waals surface area contributed by atoms with Crippen LogP contribution in [0, 0.1) is 17.8 Å². The Morgan fingerprint density at radius 3 is 2.13 bits per heavy atom. The van der Waals surface area contributed by atoms with Crippen LogP contribution in [0.15, 0.2) is 72.4 Å². The van der Waals surface area contributed by atoms with Gasteiger partial charge in [0.25, 0.3) is 11.8 Å². The molecule has 0 radical (unpaired) electrons. The number of piperazine rings is 1. The number of epoxide rings is 1. The minimum atomic E-state index is -1.50. The van der Waals surface area contributed by atoms with Crippen LogP contribution in [0.2, 0.25) is 0 Å². The average Bonchev–Trinajstić information content (AvgIpc) is 1.61. The Bertz CT molecular complexity index is 2840. The molecule has 0 spiro atoms. The van der Waals surface area contributed by atoms with Gasteiger partial charge < -0.3 is 65.2 Å².